The molecule has 2 N–H and O–H groups in total. The summed E-state index contributed by atoms with van der Waals surface area (Å²) in [5.74, 6) is 0.141. The van der Waals surface area contributed by atoms with E-state index in [9.17, 15) is 4.79 Å². The summed E-state index contributed by atoms with van der Waals surface area (Å²) in [6.45, 7) is 12.0. The van der Waals surface area contributed by atoms with Gasteiger partial charge in [-0.1, -0.05) is 0 Å². The van der Waals surface area contributed by atoms with Gasteiger partial charge in [0.05, 0.1) is 12.2 Å². The number of morpholine rings is 1. The molecule has 0 aromatic heterocycles. The molecule has 0 spiro atoms. The fourth-order valence-electron chi connectivity index (χ4n) is 2.61. The Morgan fingerprint density at radius 3 is 2.27 bits per heavy atom. The van der Waals surface area contributed by atoms with Crippen LogP contribution < -0.4 is 10.6 Å². The van der Waals surface area contributed by atoms with E-state index in [-0.39, 0.29) is 48.5 Å². The number of hydrogen-bond donors (Lipinski definition) is 2. The number of carbonyl (C=O) groups is 1. The van der Waals surface area contributed by atoms with Crippen molar-refractivity contribution in [3.05, 3.63) is 0 Å². The summed E-state index contributed by atoms with van der Waals surface area (Å²) in [7, 11) is 1.90. The van der Waals surface area contributed by atoms with Gasteiger partial charge in [0.15, 0.2) is 0 Å². The van der Waals surface area contributed by atoms with E-state index in [4.69, 9.17) is 4.74 Å². The standard InChI is InChI=1S/C15H31N3O2.2ClH/c1-12-9-18(10-13(2)20-12)15(3,4)11-17-14(19)7-6-8-16-5;;/h12-13,16H,6-11H2,1-5H3,(H,17,19);2*1H. The molecule has 7 heteroatoms. The van der Waals surface area contributed by atoms with Crippen molar-refractivity contribution >= 4 is 30.7 Å². The number of nitrogens with zero attached hydrogens (tertiary/aromatic N) is 1. The quantitative estimate of drug-likeness (QED) is 0.682. The first-order chi connectivity index (χ1) is 9.35. The highest BCUT2D eigenvalue weighted by molar-refractivity contribution is 5.85. The molecular weight excluding hydrogens is 325 g/mol. The van der Waals surface area contributed by atoms with Crippen molar-refractivity contribution in [1.29, 1.82) is 0 Å². The maximum atomic E-state index is 11.8. The highest BCUT2D eigenvalue weighted by Crippen LogP contribution is 2.20. The lowest BCUT2D eigenvalue weighted by atomic mass is 10.00. The van der Waals surface area contributed by atoms with Crippen molar-refractivity contribution in [3.8, 4) is 0 Å². The summed E-state index contributed by atoms with van der Waals surface area (Å²) >= 11 is 0. The lowest BCUT2D eigenvalue weighted by Gasteiger charge is -2.45. The molecule has 134 valence electrons. The van der Waals surface area contributed by atoms with Crippen molar-refractivity contribution in [2.45, 2.75) is 58.3 Å². The largest absolute Gasteiger partial charge is 0.373 e. The SMILES string of the molecule is CNCCCC(=O)NCC(C)(C)N1CC(C)OC(C)C1.Cl.Cl. The third-order valence-corrected chi connectivity index (χ3v) is 3.82. The van der Waals surface area contributed by atoms with Crippen LogP contribution in [0, 0.1) is 0 Å². The first-order valence-corrected chi connectivity index (χ1v) is 7.67. The van der Waals surface area contributed by atoms with Crippen molar-refractivity contribution in [2.75, 3.05) is 33.2 Å². The van der Waals surface area contributed by atoms with Gasteiger partial charge in [-0.3, -0.25) is 9.69 Å². The van der Waals surface area contributed by atoms with Crippen molar-refractivity contribution < 1.29 is 9.53 Å². The summed E-state index contributed by atoms with van der Waals surface area (Å²) in [5, 5.41) is 6.11. The molecule has 0 bridgehead atoms. The zero-order valence-electron chi connectivity index (χ0n) is 14.5. The van der Waals surface area contributed by atoms with E-state index in [1.54, 1.807) is 0 Å². The Morgan fingerprint density at radius 2 is 1.77 bits per heavy atom. The Balaban J connectivity index is 0. The highest BCUT2D eigenvalue weighted by atomic mass is 35.5. The minimum Gasteiger partial charge on any atom is -0.373 e. The third kappa shape index (κ3) is 8.53. The molecule has 1 aliphatic rings. The molecule has 0 radical (unpaired) electrons. The molecule has 1 fully saturated rings. The van der Waals surface area contributed by atoms with Gasteiger partial charge in [0, 0.05) is 31.6 Å². The molecule has 0 saturated carbocycles. The lowest BCUT2D eigenvalue weighted by Crippen LogP contribution is -2.58. The van der Waals surface area contributed by atoms with Gasteiger partial charge in [-0.2, -0.15) is 0 Å². The van der Waals surface area contributed by atoms with E-state index in [1.807, 2.05) is 7.05 Å². The molecule has 2 atom stereocenters. The number of nitrogens with one attached hydrogen (secondary N) is 2. The minimum absolute atomic E-state index is 0. The van der Waals surface area contributed by atoms with Crippen LogP contribution in [-0.2, 0) is 9.53 Å². The summed E-state index contributed by atoms with van der Waals surface area (Å²) in [4.78, 5) is 14.2. The van der Waals surface area contributed by atoms with Crippen LogP contribution in [0.15, 0.2) is 0 Å². The first kappa shape index (κ1) is 24.2. The van der Waals surface area contributed by atoms with Crippen LogP contribution in [0.25, 0.3) is 0 Å². The predicted molar refractivity (Wildman–Crippen MR) is 96.3 cm³/mol. The molecule has 5 nitrogen and oxygen atoms in total. The lowest BCUT2D eigenvalue weighted by molar-refractivity contribution is -0.123. The fraction of sp³-hybridized carbons (Fsp3) is 0.933. The van der Waals surface area contributed by atoms with Gasteiger partial charge < -0.3 is 15.4 Å². The molecule has 1 aliphatic heterocycles. The number of carbonyl (C=O) groups excluding carboxylic acids is 1. The van der Waals surface area contributed by atoms with E-state index in [1.165, 1.54) is 0 Å². The number of amides is 1. The Bertz CT molecular complexity index is 307. The van der Waals surface area contributed by atoms with E-state index in [2.05, 4.69) is 43.2 Å². The van der Waals surface area contributed by atoms with Gasteiger partial charge in [0.25, 0.3) is 0 Å². The van der Waals surface area contributed by atoms with Crippen molar-refractivity contribution in [1.82, 2.24) is 15.5 Å². The Hall–Kier alpha value is -0.0700. The van der Waals surface area contributed by atoms with Gasteiger partial charge >= 0.3 is 0 Å². The van der Waals surface area contributed by atoms with E-state index >= 15 is 0 Å². The second-order valence-electron chi connectivity index (χ2n) is 6.46. The van der Waals surface area contributed by atoms with Crippen LogP contribution in [-0.4, -0.2) is 61.8 Å². The molecule has 0 aromatic rings. The number of hydrogen-bond acceptors (Lipinski definition) is 4. The van der Waals surface area contributed by atoms with Gasteiger partial charge in [-0.25, -0.2) is 0 Å². The maximum Gasteiger partial charge on any atom is 0.220 e. The predicted octanol–water partition coefficient (Wildman–Crippen LogP) is 1.83. The van der Waals surface area contributed by atoms with E-state index in [0.29, 0.717) is 13.0 Å². The Kier molecular flexibility index (Phi) is 12.6. The highest BCUT2D eigenvalue weighted by Gasteiger charge is 2.33. The number of rotatable bonds is 7. The van der Waals surface area contributed by atoms with Crippen LogP contribution in [0.4, 0.5) is 0 Å². The van der Waals surface area contributed by atoms with Crippen LogP contribution in [0.2, 0.25) is 0 Å². The monoisotopic (exact) mass is 357 g/mol. The normalized spacial score (nSPS) is 22.4. The van der Waals surface area contributed by atoms with Crippen LogP contribution in [0.5, 0.6) is 0 Å². The summed E-state index contributed by atoms with van der Waals surface area (Å²) in [6.07, 6.45) is 1.98. The number of ether oxygens (including phenoxy) is 1. The van der Waals surface area contributed by atoms with Crippen LogP contribution in [0.3, 0.4) is 0 Å². The zero-order valence-corrected chi connectivity index (χ0v) is 16.1. The molecule has 1 saturated heterocycles. The van der Waals surface area contributed by atoms with Gasteiger partial charge in [0.1, 0.15) is 0 Å². The molecule has 0 aromatic carbocycles. The average Bonchev–Trinajstić information content (AvgIpc) is 2.36. The Labute approximate surface area is 147 Å². The third-order valence-electron chi connectivity index (χ3n) is 3.82. The first-order valence-electron chi connectivity index (χ1n) is 7.67. The molecule has 1 amide bonds. The van der Waals surface area contributed by atoms with Crippen molar-refractivity contribution in [3.63, 3.8) is 0 Å². The topological polar surface area (TPSA) is 53.6 Å². The van der Waals surface area contributed by atoms with Crippen LogP contribution in [0.1, 0.15) is 40.5 Å². The molecule has 22 heavy (non-hydrogen) atoms. The van der Waals surface area contributed by atoms with E-state index in [0.717, 1.165) is 26.1 Å². The maximum absolute atomic E-state index is 11.8. The average molecular weight is 358 g/mol. The molecule has 0 aliphatic carbocycles. The molecule has 2 unspecified atom stereocenters. The zero-order chi connectivity index (χ0) is 15.2. The van der Waals surface area contributed by atoms with Crippen molar-refractivity contribution in [2.24, 2.45) is 0 Å². The van der Waals surface area contributed by atoms with Gasteiger partial charge in [0.2, 0.25) is 5.91 Å². The summed E-state index contributed by atoms with van der Waals surface area (Å²) in [6, 6.07) is 0. The number of halogens is 2. The van der Waals surface area contributed by atoms with Gasteiger partial charge in [-0.15, -0.1) is 24.8 Å². The summed E-state index contributed by atoms with van der Waals surface area (Å²) in [5.41, 5.74) is -0.0367. The smallest absolute Gasteiger partial charge is 0.220 e. The molecular formula is C15H33Cl2N3O2. The second kappa shape index (κ2) is 11.5. The molecule has 1 heterocycles. The van der Waals surface area contributed by atoms with E-state index < -0.39 is 0 Å². The fourth-order valence-corrected chi connectivity index (χ4v) is 2.61. The summed E-state index contributed by atoms with van der Waals surface area (Å²) < 4.78 is 5.77. The molecule has 1 rings (SSSR count). The minimum atomic E-state index is -0.0367. The van der Waals surface area contributed by atoms with Crippen LogP contribution >= 0.6 is 24.8 Å². The second-order valence-corrected chi connectivity index (χ2v) is 6.46. The van der Waals surface area contributed by atoms with Gasteiger partial charge in [-0.05, 0) is 47.7 Å². The Morgan fingerprint density at radius 1 is 1.23 bits per heavy atom.